The van der Waals surface area contributed by atoms with Crippen molar-refractivity contribution in [1.82, 2.24) is 5.32 Å². The van der Waals surface area contributed by atoms with E-state index in [9.17, 15) is 19.4 Å². The molecule has 0 aromatic heterocycles. The van der Waals surface area contributed by atoms with Gasteiger partial charge in [-0.25, -0.2) is 4.57 Å². The Bertz CT molecular complexity index is 1030. The average molecular weight is 942 g/mol. The number of carbonyl (C=O) groups is 1. The zero-order valence-electron chi connectivity index (χ0n) is 43.5. The summed E-state index contributed by atoms with van der Waals surface area (Å²) in [6.45, 7) is 4.18. The molecular weight excluding hydrogens is 828 g/mol. The van der Waals surface area contributed by atoms with E-state index < -0.39 is 20.0 Å². The fraction of sp³-hybridized carbons (Fsp3) is 0.946. The second-order valence-electron chi connectivity index (χ2n) is 19.9. The monoisotopic (exact) mass is 941 g/mol. The van der Waals surface area contributed by atoms with Crippen LogP contribution >= 0.6 is 7.82 Å². The lowest BCUT2D eigenvalue weighted by atomic mass is 10.0. The van der Waals surface area contributed by atoms with Crippen molar-refractivity contribution in [2.45, 2.75) is 321 Å². The summed E-state index contributed by atoms with van der Waals surface area (Å²) in [6, 6.07) is -0.856. The van der Waals surface area contributed by atoms with Gasteiger partial charge in [-0.15, -0.1) is 0 Å². The van der Waals surface area contributed by atoms with Gasteiger partial charge in [0.1, 0.15) is 0 Å². The Kier molecular flexibility index (Phi) is 52.0. The molecule has 0 aromatic carbocycles. The molecule has 0 fully saturated rings. The van der Waals surface area contributed by atoms with Crippen LogP contribution in [0.1, 0.15) is 309 Å². The van der Waals surface area contributed by atoms with Crippen molar-refractivity contribution in [3.63, 3.8) is 0 Å². The molecule has 9 heteroatoms. The largest absolute Gasteiger partial charge is 0.472 e. The van der Waals surface area contributed by atoms with E-state index in [1.807, 2.05) is 6.08 Å². The number of carbonyl (C=O) groups excluding carboxylic acids is 1. The predicted molar refractivity (Wildman–Crippen MR) is 282 cm³/mol. The summed E-state index contributed by atoms with van der Waals surface area (Å²) in [6.07, 6.45) is 63.1. The number of allylic oxidation sites excluding steroid dienone is 1. The molecule has 3 atom stereocenters. The third kappa shape index (κ3) is 50.9. The van der Waals surface area contributed by atoms with E-state index in [1.165, 1.54) is 250 Å². The first-order valence-corrected chi connectivity index (χ1v) is 30.3. The third-order valence-electron chi connectivity index (χ3n) is 13.4. The number of unbranched alkanes of at least 4 members (excludes halogenated alkanes) is 43. The van der Waals surface area contributed by atoms with Crippen molar-refractivity contribution in [1.29, 1.82) is 0 Å². The summed E-state index contributed by atoms with van der Waals surface area (Å²) in [4.78, 5) is 22.8. The summed E-state index contributed by atoms with van der Waals surface area (Å²) in [5.41, 5.74) is 5.40. The molecule has 0 aliphatic rings. The normalized spacial score (nSPS) is 13.7. The van der Waals surface area contributed by atoms with Crippen LogP contribution in [0.25, 0.3) is 0 Å². The summed E-state index contributed by atoms with van der Waals surface area (Å²) in [7, 11) is -4.34. The van der Waals surface area contributed by atoms with Gasteiger partial charge in [0, 0.05) is 13.0 Å². The van der Waals surface area contributed by atoms with Crippen LogP contribution in [0.2, 0.25) is 0 Å². The third-order valence-corrected chi connectivity index (χ3v) is 14.3. The summed E-state index contributed by atoms with van der Waals surface area (Å²) in [5.74, 6) is -0.187. The van der Waals surface area contributed by atoms with Crippen molar-refractivity contribution in [2.75, 3.05) is 19.8 Å². The van der Waals surface area contributed by atoms with Gasteiger partial charge in [-0.1, -0.05) is 296 Å². The number of rotatable bonds is 55. The molecular formula is C56H113N2O6P. The minimum Gasteiger partial charge on any atom is -0.387 e. The van der Waals surface area contributed by atoms with Crippen molar-refractivity contribution >= 4 is 13.7 Å². The molecule has 0 bridgehead atoms. The SMILES string of the molecule is CCCCCCCCCCCCCC/C=C/[C@@H](O)[C@H](COP(=O)(O)OCCN)NC(=O)CCCCCCCCCCCCCCCCCCCCCCCCCCCCCCCCCC. The number of phosphoric acid groups is 1. The number of aliphatic hydroxyl groups is 1. The molecule has 8 nitrogen and oxygen atoms in total. The summed E-state index contributed by atoms with van der Waals surface area (Å²) < 4.78 is 22.2. The van der Waals surface area contributed by atoms with E-state index in [4.69, 9.17) is 14.8 Å². The van der Waals surface area contributed by atoms with Crippen LogP contribution in [0.5, 0.6) is 0 Å². The Labute approximate surface area is 405 Å². The first-order chi connectivity index (χ1) is 31.9. The van der Waals surface area contributed by atoms with Gasteiger partial charge < -0.3 is 21.1 Å². The number of aliphatic hydroxyl groups excluding tert-OH is 1. The van der Waals surface area contributed by atoms with Gasteiger partial charge in [0.25, 0.3) is 0 Å². The van der Waals surface area contributed by atoms with Crippen molar-refractivity contribution in [3.05, 3.63) is 12.2 Å². The van der Waals surface area contributed by atoms with Crippen LogP contribution in [0.3, 0.4) is 0 Å². The van der Waals surface area contributed by atoms with Gasteiger partial charge in [-0.3, -0.25) is 13.8 Å². The second kappa shape index (κ2) is 52.6. The summed E-state index contributed by atoms with van der Waals surface area (Å²) in [5, 5.41) is 13.7. The van der Waals surface area contributed by atoms with Gasteiger partial charge in [-0.05, 0) is 19.3 Å². The van der Waals surface area contributed by atoms with Gasteiger partial charge in [0.05, 0.1) is 25.4 Å². The Morgan fingerprint density at radius 2 is 0.785 bits per heavy atom. The Hall–Kier alpha value is -0.760. The van der Waals surface area contributed by atoms with Gasteiger partial charge >= 0.3 is 7.82 Å². The van der Waals surface area contributed by atoms with Gasteiger partial charge in [0.2, 0.25) is 5.91 Å². The molecule has 0 aliphatic carbocycles. The van der Waals surface area contributed by atoms with E-state index in [0.29, 0.717) is 6.42 Å². The molecule has 0 rings (SSSR count). The number of hydrogen-bond donors (Lipinski definition) is 4. The van der Waals surface area contributed by atoms with E-state index in [2.05, 4.69) is 19.2 Å². The highest BCUT2D eigenvalue weighted by atomic mass is 31.2. The Morgan fingerprint density at radius 3 is 1.09 bits per heavy atom. The Balaban J connectivity index is 3.82. The number of nitrogens with one attached hydrogen (secondary N) is 1. The van der Waals surface area contributed by atoms with Crippen LogP contribution < -0.4 is 11.1 Å². The fourth-order valence-corrected chi connectivity index (χ4v) is 9.78. The fourth-order valence-electron chi connectivity index (χ4n) is 9.02. The first kappa shape index (κ1) is 64.2. The lowest BCUT2D eigenvalue weighted by Gasteiger charge is -2.23. The number of hydrogen-bond acceptors (Lipinski definition) is 6. The zero-order valence-corrected chi connectivity index (χ0v) is 44.4. The van der Waals surface area contributed by atoms with Crippen molar-refractivity contribution < 1.29 is 28.4 Å². The maximum Gasteiger partial charge on any atom is 0.472 e. The maximum atomic E-state index is 12.8. The minimum absolute atomic E-state index is 0.0816. The molecule has 0 aliphatic heterocycles. The van der Waals surface area contributed by atoms with E-state index in [1.54, 1.807) is 6.08 Å². The molecule has 5 N–H and O–H groups in total. The second-order valence-corrected chi connectivity index (χ2v) is 21.3. The minimum atomic E-state index is -4.34. The van der Waals surface area contributed by atoms with Crippen LogP contribution in [0.4, 0.5) is 0 Å². The lowest BCUT2D eigenvalue weighted by molar-refractivity contribution is -0.123. The zero-order chi connectivity index (χ0) is 47.4. The quantitative estimate of drug-likeness (QED) is 0.0271. The lowest BCUT2D eigenvalue weighted by Crippen LogP contribution is -2.45. The molecule has 0 spiro atoms. The molecule has 65 heavy (non-hydrogen) atoms. The molecule has 388 valence electrons. The number of amides is 1. The van der Waals surface area contributed by atoms with E-state index >= 15 is 0 Å². The van der Waals surface area contributed by atoms with Gasteiger partial charge in [0.15, 0.2) is 0 Å². The highest BCUT2D eigenvalue weighted by Crippen LogP contribution is 2.43. The van der Waals surface area contributed by atoms with Crippen LogP contribution in [-0.2, 0) is 18.4 Å². The first-order valence-electron chi connectivity index (χ1n) is 28.8. The van der Waals surface area contributed by atoms with Crippen molar-refractivity contribution in [2.24, 2.45) is 5.73 Å². The molecule has 0 radical (unpaired) electrons. The highest BCUT2D eigenvalue weighted by molar-refractivity contribution is 7.47. The molecule has 0 aromatic rings. The smallest absolute Gasteiger partial charge is 0.387 e. The van der Waals surface area contributed by atoms with Crippen LogP contribution in [0, 0.1) is 0 Å². The van der Waals surface area contributed by atoms with Gasteiger partial charge in [-0.2, -0.15) is 0 Å². The molecule has 1 amide bonds. The topological polar surface area (TPSA) is 131 Å². The molecule has 0 saturated heterocycles. The maximum absolute atomic E-state index is 12.8. The standard InChI is InChI=1S/C56H113N2O6P/c1-3-5-7-9-11-13-15-17-19-20-21-22-23-24-25-26-27-28-29-30-31-32-33-34-35-36-38-40-42-44-46-48-50-56(60)58-54(53-64-65(61,62)63-52-51-57)55(59)49-47-45-43-41-39-37-18-16-14-12-10-8-6-4-2/h47,49,54-55,59H,3-46,48,50-53,57H2,1-2H3,(H,58,60)(H,61,62)/b49-47+/t54-,55+/m0/s1. The molecule has 1 unspecified atom stereocenters. The van der Waals surface area contributed by atoms with E-state index in [0.717, 1.165) is 38.5 Å². The predicted octanol–water partition coefficient (Wildman–Crippen LogP) is 17.5. The van der Waals surface area contributed by atoms with E-state index in [-0.39, 0.29) is 25.7 Å². The number of phosphoric ester groups is 1. The summed E-state index contributed by atoms with van der Waals surface area (Å²) >= 11 is 0. The highest BCUT2D eigenvalue weighted by Gasteiger charge is 2.27. The van der Waals surface area contributed by atoms with Crippen LogP contribution in [-0.4, -0.2) is 47.8 Å². The van der Waals surface area contributed by atoms with Crippen LogP contribution in [0.15, 0.2) is 12.2 Å². The average Bonchev–Trinajstić information content (AvgIpc) is 3.30. The number of nitrogens with two attached hydrogens (primary N) is 1. The Morgan fingerprint density at radius 1 is 0.492 bits per heavy atom. The molecule has 0 saturated carbocycles. The molecule has 0 heterocycles. The van der Waals surface area contributed by atoms with Crippen molar-refractivity contribution in [3.8, 4) is 0 Å².